The van der Waals surface area contributed by atoms with Crippen LogP contribution in [0.25, 0.3) is 0 Å². The molecule has 136 valence electrons. The van der Waals surface area contributed by atoms with Crippen molar-refractivity contribution in [2.75, 3.05) is 26.4 Å². The van der Waals surface area contributed by atoms with Crippen LogP contribution in [0, 0.1) is 10.8 Å². The Balaban J connectivity index is 1.82. The number of ether oxygens (including phenoxy) is 4. The van der Waals surface area contributed by atoms with E-state index in [0.29, 0.717) is 0 Å². The van der Waals surface area contributed by atoms with Crippen molar-refractivity contribution in [2.45, 2.75) is 54.1 Å². The van der Waals surface area contributed by atoms with E-state index in [1.54, 1.807) is 0 Å². The lowest BCUT2D eigenvalue weighted by Crippen LogP contribution is -2.38. The SMILES string of the molecule is C\C(=C/C=C/C=C(\C)C1OCC(C)(C)CO1)C1OCC(C)(C)CO1. The molecule has 0 radical (unpaired) electrons. The molecule has 0 aromatic rings. The summed E-state index contributed by atoms with van der Waals surface area (Å²) < 4.78 is 23.1. The van der Waals surface area contributed by atoms with Gasteiger partial charge in [-0.05, 0) is 25.0 Å². The van der Waals surface area contributed by atoms with Crippen LogP contribution in [0.5, 0.6) is 0 Å². The Morgan fingerprint density at radius 2 is 0.958 bits per heavy atom. The summed E-state index contributed by atoms with van der Waals surface area (Å²) >= 11 is 0. The standard InChI is InChI=1S/C20H32O4/c1-15(17-21-11-19(3,4)12-22-17)9-7-8-10-16(2)18-23-13-20(5,6)14-24-18/h7-10,17-18H,11-14H2,1-6H3/b8-7+,15-9+,16-10+. The van der Waals surface area contributed by atoms with Crippen LogP contribution in [0.4, 0.5) is 0 Å². The molecule has 2 aliphatic rings. The molecule has 24 heavy (non-hydrogen) atoms. The van der Waals surface area contributed by atoms with Gasteiger partial charge < -0.3 is 18.9 Å². The third-order valence-corrected chi connectivity index (χ3v) is 4.07. The highest BCUT2D eigenvalue weighted by atomic mass is 16.7. The van der Waals surface area contributed by atoms with E-state index in [9.17, 15) is 0 Å². The van der Waals surface area contributed by atoms with E-state index in [2.05, 4.69) is 27.7 Å². The van der Waals surface area contributed by atoms with Crippen LogP contribution in [0.3, 0.4) is 0 Å². The minimum atomic E-state index is -0.236. The molecule has 0 saturated carbocycles. The monoisotopic (exact) mass is 336 g/mol. The fourth-order valence-electron chi connectivity index (χ4n) is 2.48. The molecule has 2 heterocycles. The highest BCUT2D eigenvalue weighted by Crippen LogP contribution is 2.26. The maximum Gasteiger partial charge on any atom is 0.179 e. The molecule has 2 rings (SSSR count). The average molecular weight is 336 g/mol. The number of hydrogen-bond donors (Lipinski definition) is 0. The highest BCUT2D eigenvalue weighted by Gasteiger charge is 2.29. The first kappa shape index (κ1) is 19.4. The molecule has 4 heteroatoms. The Kier molecular flexibility index (Phi) is 6.43. The van der Waals surface area contributed by atoms with Gasteiger partial charge in [0.1, 0.15) is 0 Å². The first-order valence-electron chi connectivity index (χ1n) is 8.67. The Hall–Kier alpha value is -0.940. The van der Waals surface area contributed by atoms with Gasteiger partial charge in [-0.1, -0.05) is 52.0 Å². The van der Waals surface area contributed by atoms with Crippen LogP contribution in [0.1, 0.15) is 41.5 Å². The fraction of sp³-hybridized carbons (Fsp3) is 0.700. The number of rotatable bonds is 4. The molecule has 0 spiro atoms. The fourth-order valence-corrected chi connectivity index (χ4v) is 2.48. The quantitative estimate of drug-likeness (QED) is 0.720. The summed E-state index contributed by atoms with van der Waals surface area (Å²) in [5, 5.41) is 0. The molecule has 0 unspecified atom stereocenters. The highest BCUT2D eigenvalue weighted by molar-refractivity contribution is 5.20. The van der Waals surface area contributed by atoms with E-state index in [1.807, 2.05) is 38.2 Å². The normalized spacial score (nSPS) is 26.9. The summed E-state index contributed by atoms with van der Waals surface area (Å²) in [4.78, 5) is 0. The summed E-state index contributed by atoms with van der Waals surface area (Å²) in [6.45, 7) is 15.5. The lowest BCUT2D eigenvalue weighted by Gasteiger charge is -2.35. The van der Waals surface area contributed by atoms with Crippen LogP contribution in [-0.2, 0) is 18.9 Å². The minimum absolute atomic E-state index is 0.0982. The van der Waals surface area contributed by atoms with Crippen molar-refractivity contribution in [3.8, 4) is 0 Å². The van der Waals surface area contributed by atoms with Gasteiger partial charge in [0.05, 0.1) is 26.4 Å². The molecule has 0 aromatic carbocycles. The van der Waals surface area contributed by atoms with Crippen molar-refractivity contribution in [2.24, 2.45) is 10.8 Å². The molecule has 0 bridgehead atoms. The minimum Gasteiger partial charge on any atom is -0.348 e. The van der Waals surface area contributed by atoms with Gasteiger partial charge >= 0.3 is 0 Å². The zero-order valence-electron chi connectivity index (χ0n) is 15.9. The molecule has 4 nitrogen and oxygen atoms in total. The molecule has 0 aromatic heterocycles. The first-order valence-corrected chi connectivity index (χ1v) is 8.67. The first-order chi connectivity index (χ1) is 11.2. The molecule has 0 amide bonds. The zero-order valence-corrected chi connectivity index (χ0v) is 15.9. The van der Waals surface area contributed by atoms with Gasteiger partial charge in [-0.25, -0.2) is 0 Å². The summed E-state index contributed by atoms with van der Waals surface area (Å²) in [5.41, 5.74) is 2.33. The van der Waals surface area contributed by atoms with Gasteiger partial charge in [-0.3, -0.25) is 0 Å². The molecule has 0 N–H and O–H groups in total. The lowest BCUT2D eigenvalue weighted by molar-refractivity contribution is -0.202. The van der Waals surface area contributed by atoms with Crippen molar-refractivity contribution in [1.29, 1.82) is 0 Å². The van der Waals surface area contributed by atoms with Crippen molar-refractivity contribution in [3.63, 3.8) is 0 Å². The molecule has 2 fully saturated rings. The summed E-state index contributed by atoms with van der Waals surface area (Å²) in [6.07, 6.45) is 7.58. The summed E-state index contributed by atoms with van der Waals surface area (Å²) in [6, 6.07) is 0. The molecule has 0 atom stereocenters. The van der Waals surface area contributed by atoms with E-state index < -0.39 is 0 Å². The topological polar surface area (TPSA) is 36.9 Å². The third-order valence-electron chi connectivity index (χ3n) is 4.07. The largest absolute Gasteiger partial charge is 0.348 e. The van der Waals surface area contributed by atoms with Crippen LogP contribution < -0.4 is 0 Å². The number of allylic oxidation sites excluding steroid dienone is 4. The van der Waals surface area contributed by atoms with Gasteiger partial charge in [0.15, 0.2) is 12.6 Å². The average Bonchev–Trinajstić information content (AvgIpc) is 2.51. The maximum atomic E-state index is 5.77. The molecular weight excluding hydrogens is 304 g/mol. The zero-order chi connectivity index (χ0) is 17.8. The van der Waals surface area contributed by atoms with Crippen LogP contribution in [0.2, 0.25) is 0 Å². The van der Waals surface area contributed by atoms with Crippen LogP contribution in [-0.4, -0.2) is 39.0 Å². The second-order valence-corrected chi connectivity index (χ2v) is 8.44. The second kappa shape index (κ2) is 7.96. The van der Waals surface area contributed by atoms with Gasteiger partial charge in [0, 0.05) is 10.8 Å². The molecular formula is C20H32O4. The number of hydrogen-bond acceptors (Lipinski definition) is 4. The lowest BCUT2D eigenvalue weighted by atomic mass is 9.95. The molecule has 2 saturated heterocycles. The Bertz CT molecular complexity index is 448. The van der Waals surface area contributed by atoms with Gasteiger partial charge in [0.25, 0.3) is 0 Å². The van der Waals surface area contributed by atoms with Crippen molar-refractivity contribution >= 4 is 0 Å². The van der Waals surface area contributed by atoms with Gasteiger partial charge in [-0.2, -0.15) is 0 Å². The molecule has 0 aliphatic carbocycles. The Morgan fingerprint density at radius 1 is 0.667 bits per heavy atom. The van der Waals surface area contributed by atoms with Gasteiger partial charge in [0.2, 0.25) is 0 Å². The predicted molar refractivity (Wildman–Crippen MR) is 95.6 cm³/mol. The summed E-state index contributed by atoms with van der Waals surface area (Å²) in [5.74, 6) is 0. The van der Waals surface area contributed by atoms with E-state index in [1.165, 1.54) is 0 Å². The molecule has 2 aliphatic heterocycles. The second-order valence-electron chi connectivity index (χ2n) is 8.44. The van der Waals surface area contributed by atoms with Gasteiger partial charge in [-0.15, -0.1) is 0 Å². The van der Waals surface area contributed by atoms with Crippen LogP contribution >= 0.6 is 0 Å². The van der Waals surface area contributed by atoms with Crippen molar-refractivity contribution in [3.05, 3.63) is 35.5 Å². The van der Waals surface area contributed by atoms with Crippen molar-refractivity contribution in [1.82, 2.24) is 0 Å². The smallest absolute Gasteiger partial charge is 0.179 e. The third kappa shape index (κ3) is 5.85. The van der Waals surface area contributed by atoms with E-state index in [4.69, 9.17) is 18.9 Å². The van der Waals surface area contributed by atoms with E-state index in [-0.39, 0.29) is 23.4 Å². The van der Waals surface area contributed by atoms with Crippen molar-refractivity contribution < 1.29 is 18.9 Å². The Morgan fingerprint density at radius 3 is 1.25 bits per heavy atom. The Labute approximate surface area is 146 Å². The maximum absolute atomic E-state index is 5.77. The van der Waals surface area contributed by atoms with Crippen LogP contribution in [0.15, 0.2) is 35.5 Å². The predicted octanol–water partition coefficient (Wildman–Crippen LogP) is 4.23. The van der Waals surface area contributed by atoms with E-state index in [0.717, 1.165) is 37.6 Å². The van der Waals surface area contributed by atoms with E-state index >= 15 is 0 Å². The summed E-state index contributed by atoms with van der Waals surface area (Å²) in [7, 11) is 0.